The van der Waals surface area contributed by atoms with E-state index in [4.69, 9.17) is 4.98 Å². The summed E-state index contributed by atoms with van der Waals surface area (Å²) in [6.45, 7) is 3.85. The Labute approximate surface area is 341 Å². The lowest BCUT2D eigenvalue weighted by molar-refractivity contribution is -0.120. The van der Waals surface area contributed by atoms with Crippen molar-refractivity contribution < 1.29 is 18.0 Å². The number of amides is 3. The molecule has 9 rings (SSSR count). The molecule has 3 aliphatic rings. The zero-order valence-electron chi connectivity index (χ0n) is 32.8. The Bertz CT molecular complexity index is 2720. The van der Waals surface area contributed by atoms with Gasteiger partial charge in [0.25, 0.3) is 5.56 Å². The van der Waals surface area contributed by atoms with Gasteiger partial charge >= 0.3 is 6.03 Å². The molecule has 3 fully saturated rings. The third kappa shape index (κ3) is 7.94. The first-order valence-electron chi connectivity index (χ1n) is 20.2. The molecule has 304 valence electrons. The van der Waals surface area contributed by atoms with Crippen LogP contribution in [0, 0.1) is 0 Å². The number of urea groups is 1. The smallest absolute Gasteiger partial charge is 0.329 e. The lowest BCUT2D eigenvalue weighted by atomic mass is 9.89. The first-order chi connectivity index (χ1) is 28.6. The summed E-state index contributed by atoms with van der Waals surface area (Å²) in [6, 6.07) is 26.2. The average molecular weight is 815 g/mol. The molecule has 0 aliphatic carbocycles. The molecule has 3 amide bonds. The molecule has 0 radical (unpaired) electrons. The van der Waals surface area contributed by atoms with E-state index in [2.05, 4.69) is 37.7 Å². The van der Waals surface area contributed by atoms with Crippen LogP contribution in [0.5, 0.6) is 0 Å². The zero-order chi connectivity index (χ0) is 40.7. The summed E-state index contributed by atoms with van der Waals surface area (Å²) in [5.74, 6) is 1.06. The van der Waals surface area contributed by atoms with Crippen molar-refractivity contribution in [2.75, 3.05) is 42.9 Å². The molecule has 59 heavy (non-hydrogen) atoms. The van der Waals surface area contributed by atoms with E-state index in [0.717, 1.165) is 53.3 Å². The number of benzene rings is 3. The van der Waals surface area contributed by atoms with Crippen molar-refractivity contribution >= 4 is 55.7 Å². The Balaban J connectivity index is 0.799. The molecule has 0 unspecified atom stereocenters. The topological polar surface area (TPSA) is 168 Å². The number of piperidine rings is 2. The van der Waals surface area contributed by atoms with E-state index in [0.29, 0.717) is 73.8 Å². The fraction of sp³-hybridized carbons (Fsp3) is 0.349. The highest BCUT2D eigenvalue weighted by atomic mass is 32.2. The highest BCUT2D eigenvalue weighted by Crippen LogP contribution is 2.34. The summed E-state index contributed by atoms with van der Waals surface area (Å²) in [6.07, 6.45) is 5.06. The van der Waals surface area contributed by atoms with Crippen molar-refractivity contribution in [1.82, 2.24) is 38.8 Å². The number of sulfonamides is 1. The van der Waals surface area contributed by atoms with Crippen LogP contribution in [0.3, 0.4) is 0 Å². The van der Waals surface area contributed by atoms with Gasteiger partial charge in [0.2, 0.25) is 21.9 Å². The molecule has 0 saturated carbocycles. The maximum absolute atomic E-state index is 13.9. The monoisotopic (exact) mass is 814 g/mol. The number of pyridine rings is 1. The normalized spacial score (nSPS) is 17.8. The highest BCUT2D eigenvalue weighted by molar-refractivity contribution is 7.89. The Morgan fingerprint density at radius 2 is 1.59 bits per heavy atom. The number of hydrogen-bond donors (Lipinski definition) is 2. The fourth-order valence-electron chi connectivity index (χ4n) is 8.59. The second-order valence-corrected chi connectivity index (χ2v) is 17.7. The number of nitrogens with zero attached hydrogens (tertiary/aromatic N) is 8. The van der Waals surface area contributed by atoms with Gasteiger partial charge in [0.05, 0.1) is 17.0 Å². The number of rotatable bonds is 10. The van der Waals surface area contributed by atoms with Gasteiger partial charge in [-0.1, -0.05) is 48.5 Å². The van der Waals surface area contributed by atoms with Gasteiger partial charge in [-0.2, -0.15) is 14.4 Å². The lowest BCUT2D eigenvalue weighted by Gasteiger charge is -2.33. The van der Waals surface area contributed by atoms with E-state index in [-0.39, 0.29) is 23.9 Å². The Morgan fingerprint density at radius 3 is 2.37 bits per heavy atom. The van der Waals surface area contributed by atoms with Crippen LogP contribution in [0.25, 0.3) is 21.9 Å². The number of carbonyl (C=O) groups is 2. The maximum atomic E-state index is 13.9. The van der Waals surface area contributed by atoms with Crippen LogP contribution in [0.15, 0.2) is 101 Å². The summed E-state index contributed by atoms with van der Waals surface area (Å²) in [5, 5.41) is 12.0. The van der Waals surface area contributed by atoms with Gasteiger partial charge in [-0.3, -0.25) is 34.0 Å². The second-order valence-electron chi connectivity index (χ2n) is 15.7. The summed E-state index contributed by atoms with van der Waals surface area (Å²) >= 11 is 0. The SMILES string of the molecule is Cn1nc(N2CCC(=O)NC2=O)c2ccc(C3CCN(Cc4cccc(S(=O)(=O)N5CCC(Nc6ncc7ccc(=O)n(Cc8ccccc8)c7n6)CC5)c4)CC3)cc21. The van der Waals surface area contributed by atoms with Crippen molar-refractivity contribution in [1.29, 1.82) is 0 Å². The van der Waals surface area contributed by atoms with E-state index in [1.807, 2.05) is 61.6 Å². The molecule has 0 spiro atoms. The van der Waals surface area contributed by atoms with E-state index in [9.17, 15) is 22.8 Å². The molecule has 3 aliphatic heterocycles. The number of likely N-dealkylation sites (tertiary alicyclic amines) is 1. The fourth-order valence-corrected chi connectivity index (χ4v) is 10.1. The van der Waals surface area contributed by atoms with Crippen LogP contribution < -0.4 is 21.1 Å². The number of imide groups is 1. The molecule has 6 aromatic rings. The van der Waals surface area contributed by atoms with Crippen LogP contribution in [0.1, 0.15) is 54.7 Å². The largest absolute Gasteiger partial charge is 0.351 e. The molecule has 3 aromatic heterocycles. The standard InChI is InChI=1S/C43H46N10O5S/c1-49-37-25-32(10-12-36(37)41(48-49)52-23-18-38(54)46-43(52)56)31-14-19-50(20-15-31)27-30-8-5-9-35(24-30)59(57,58)51-21-16-34(17-22-51)45-42-44-26-33-11-13-39(55)53(40(33)47-42)28-29-6-3-2-4-7-29/h2-13,24-26,31,34H,14-23,27-28H2,1H3,(H,44,45,47)(H,46,54,56). The number of aromatic nitrogens is 5. The van der Waals surface area contributed by atoms with Gasteiger partial charge in [0, 0.05) is 68.7 Å². The summed E-state index contributed by atoms with van der Waals surface area (Å²) in [4.78, 5) is 50.5. The van der Waals surface area contributed by atoms with Crippen LogP contribution in [0.4, 0.5) is 16.6 Å². The molecule has 16 heteroatoms. The van der Waals surface area contributed by atoms with E-state index < -0.39 is 16.1 Å². The van der Waals surface area contributed by atoms with Gasteiger partial charge in [-0.25, -0.2) is 18.2 Å². The minimum atomic E-state index is -3.70. The molecular formula is C43H46N10O5S. The van der Waals surface area contributed by atoms with Crippen LogP contribution in [-0.4, -0.2) is 92.6 Å². The minimum absolute atomic E-state index is 0.0227. The Morgan fingerprint density at radius 1 is 0.814 bits per heavy atom. The van der Waals surface area contributed by atoms with Crippen LogP contribution in [-0.2, 0) is 35.0 Å². The van der Waals surface area contributed by atoms with Crippen molar-refractivity contribution in [2.45, 2.75) is 62.0 Å². The third-order valence-corrected chi connectivity index (χ3v) is 13.8. The number of carbonyl (C=O) groups excluding carboxylic acids is 2. The highest BCUT2D eigenvalue weighted by Gasteiger charge is 2.31. The summed E-state index contributed by atoms with van der Waals surface area (Å²) in [5.41, 5.74) is 4.54. The first-order valence-corrected chi connectivity index (χ1v) is 21.6. The number of fused-ring (bicyclic) bond motifs is 2. The molecular weight excluding hydrogens is 769 g/mol. The van der Waals surface area contributed by atoms with Gasteiger partial charge in [-0.15, -0.1) is 0 Å². The van der Waals surface area contributed by atoms with Gasteiger partial charge in [0.15, 0.2) is 5.82 Å². The quantitative estimate of drug-likeness (QED) is 0.196. The molecule has 3 saturated heterocycles. The number of aryl methyl sites for hydroxylation is 1. The minimum Gasteiger partial charge on any atom is -0.351 e. The molecule has 0 bridgehead atoms. The Hall–Kier alpha value is -5.97. The predicted octanol–water partition coefficient (Wildman–Crippen LogP) is 4.82. The summed E-state index contributed by atoms with van der Waals surface area (Å²) in [7, 11) is -1.83. The molecule has 0 atom stereocenters. The van der Waals surface area contributed by atoms with E-state index >= 15 is 0 Å². The number of hydrogen-bond acceptors (Lipinski definition) is 10. The molecule has 2 N–H and O–H groups in total. The number of anilines is 2. The van der Waals surface area contributed by atoms with Gasteiger partial charge < -0.3 is 5.32 Å². The molecule has 15 nitrogen and oxygen atoms in total. The zero-order valence-corrected chi connectivity index (χ0v) is 33.6. The van der Waals surface area contributed by atoms with Crippen LogP contribution in [0.2, 0.25) is 0 Å². The number of nitrogens with one attached hydrogen (secondary N) is 2. The maximum Gasteiger partial charge on any atom is 0.329 e. The van der Waals surface area contributed by atoms with Gasteiger partial charge in [0.1, 0.15) is 5.65 Å². The van der Waals surface area contributed by atoms with E-state index in [1.54, 1.807) is 31.9 Å². The second kappa shape index (κ2) is 16.0. The predicted molar refractivity (Wildman–Crippen MR) is 225 cm³/mol. The first kappa shape index (κ1) is 38.5. The van der Waals surface area contributed by atoms with Crippen molar-refractivity contribution in [3.63, 3.8) is 0 Å². The van der Waals surface area contributed by atoms with Gasteiger partial charge in [-0.05, 0) is 91.7 Å². The lowest BCUT2D eigenvalue weighted by Crippen LogP contribution is -2.49. The molecule has 3 aromatic carbocycles. The van der Waals surface area contributed by atoms with Crippen molar-refractivity contribution in [3.8, 4) is 0 Å². The van der Waals surface area contributed by atoms with Crippen molar-refractivity contribution in [3.05, 3.63) is 118 Å². The summed E-state index contributed by atoms with van der Waals surface area (Å²) < 4.78 is 32.8. The van der Waals surface area contributed by atoms with Crippen molar-refractivity contribution in [2.24, 2.45) is 7.05 Å². The Kier molecular flexibility index (Phi) is 10.5. The molecule has 6 heterocycles. The third-order valence-electron chi connectivity index (χ3n) is 11.9. The van der Waals surface area contributed by atoms with Crippen LogP contribution >= 0.6 is 0 Å². The van der Waals surface area contributed by atoms with E-state index in [1.165, 1.54) is 16.5 Å². The average Bonchev–Trinajstić information content (AvgIpc) is 3.57.